The molecule has 1 nitrogen and oxygen atoms in total. The van der Waals surface area contributed by atoms with Gasteiger partial charge in [-0.3, -0.25) is 0 Å². The molecule has 1 aromatic rings. The molecule has 88 valence electrons. The molecule has 0 bridgehead atoms. The Morgan fingerprint density at radius 1 is 1.19 bits per heavy atom. The highest BCUT2D eigenvalue weighted by atomic mass is 14.9. The van der Waals surface area contributed by atoms with Crippen LogP contribution in [0.3, 0.4) is 0 Å². The smallest absolute Gasteiger partial charge is 0.0294 e. The summed E-state index contributed by atoms with van der Waals surface area (Å²) in [7, 11) is 0. The minimum absolute atomic E-state index is 0.467. The zero-order chi connectivity index (χ0) is 11.5. The molecule has 0 aromatic heterocycles. The molecule has 1 fully saturated rings. The molecule has 0 amide bonds. The molecule has 16 heavy (non-hydrogen) atoms. The number of nitrogens with one attached hydrogen (secondary N) is 1. The molecule has 0 radical (unpaired) electrons. The fraction of sp³-hybridized carbons (Fsp3) is 0.600. The maximum atomic E-state index is 3.69. The number of hydrogen-bond donors (Lipinski definition) is 1. The summed E-state index contributed by atoms with van der Waals surface area (Å²) in [6.45, 7) is 6.70. The molecule has 1 aliphatic rings. The van der Waals surface area contributed by atoms with E-state index in [0.29, 0.717) is 12.1 Å². The average molecular weight is 217 g/mol. The van der Waals surface area contributed by atoms with Gasteiger partial charge in [-0.15, -0.1) is 0 Å². The zero-order valence-corrected chi connectivity index (χ0v) is 10.7. The van der Waals surface area contributed by atoms with Crippen LogP contribution in [0.5, 0.6) is 0 Å². The Bertz CT molecular complexity index is 324. The maximum Gasteiger partial charge on any atom is 0.0294 e. The van der Waals surface area contributed by atoms with Gasteiger partial charge >= 0.3 is 0 Å². The predicted octanol–water partition coefficient (Wildman–Crippen LogP) is 3.83. The molecule has 1 unspecified atom stereocenters. The first-order valence-corrected chi connectivity index (χ1v) is 6.48. The summed E-state index contributed by atoms with van der Waals surface area (Å²) < 4.78 is 0. The third-order valence-electron chi connectivity index (χ3n) is 3.50. The number of aryl methyl sites for hydroxylation is 1. The molecule has 2 rings (SSSR count). The second kappa shape index (κ2) is 5.01. The maximum absolute atomic E-state index is 3.69. The summed E-state index contributed by atoms with van der Waals surface area (Å²) in [4.78, 5) is 0. The van der Waals surface area contributed by atoms with E-state index in [0.717, 1.165) is 5.92 Å². The van der Waals surface area contributed by atoms with Gasteiger partial charge in [-0.25, -0.2) is 0 Å². The highest BCUT2D eigenvalue weighted by Crippen LogP contribution is 2.33. The van der Waals surface area contributed by atoms with E-state index in [1.54, 1.807) is 0 Å². The fourth-order valence-corrected chi connectivity index (χ4v) is 2.30. The SMILES string of the molecule is Cc1ccc([C@H](C)NC(C)CC2CC2)cc1. The molecule has 0 saturated heterocycles. The van der Waals surface area contributed by atoms with Crippen molar-refractivity contribution >= 4 is 0 Å². The summed E-state index contributed by atoms with van der Waals surface area (Å²) in [5.74, 6) is 1.01. The summed E-state index contributed by atoms with van der Waals surface area (Å²) in [5, 5.41) is 3.69. The lowest BCUT2D eigenvalue weighted by Gasteiger charge is -2.20. The highest BCUT2D eigenvalue weighted by Gasteiger charge is 2.24. The lowest BCUT2D eigenvalue weighted by atomic mass is 10.0. The molecule has 1 heteroatoms. The van der Waals surface area contributed by atoms with E-state index in [4.69, 9.17) is 0 Å². The zero-order valence-electron chi connectivity index (χ0n) is 10.7. The van der Waals surface area contributed by atoms with Crippen molar-refractivity contribution in [1.82, 2.24) is 5.32 Å². The molecule has 0 heterocycles. The van der Waals surface area contributed by atoms with Gasteiger partial charge in [-0.2, -0.15) is 0 Å². The Morgan fingerprint density at radius 3 is 2.38 bits per heavy atom. The summed E-state index contributed by atoms with van der Waals surface area (Å²) in [6.07, 6.45) is 4.24. The van der Waals surface area contributed by atoms with E-state index in [-0.39, 0.29) is 0 Å². The molecule has 0 aliphatic heterocycles. The van der Waals surface area contributed by atoms with Crippen LogP contribution in [0.2, 0.25) is 0 Å². The predicted molar refractivity (Wildman–Crippen MR) is 69.5 cm³/mol. The van der Waals surface area contributed by atoms with Crippen molar-refractivity contribution in [2.45, 2.75) is 52.1 Å². The van der Waals surface area contributed by atoms with E-state index in [9.17, 15) is 0 Å². The Balaban J connectivity index is 1.85. The van der Waals surface area contributed by atoms with Gasteiger partial charge in [0, 0.05) is 12.1 Å². The lowest BCUT2D eigenvalue weighted by Crippen LogP contribution is -2.29. The third kappa shape index (κ3) is 3.34. The summed E-state index contributed by atoms with van der Waals surface area (Å²) >= 11 is 0. The van der Waals surface area contributed by atoms with Crippen molar-refractivity contribution in [3.63, 3.8) is 0 Å². The van der Waals surface area contributed by atoms with Crippen LogP contribution in [-0.4, -0.2) is 6.04 Å². The first kappa shape index (κ1) is 11.7. The molecule has 1 aliphatic carbocycles. The van der Waals surface area contributed by atoms with Crippen LogP contribution < -0.4 is 5.32 Å². The van der Waals surface area contributed by atoms with Crippen molar-refractivity contribution in [2.75, 3.05) is 0 Å². The van der Waals surface area contributed by atoms with Crippen LogP contribution in [0.15, 0.2) is 24.3 Å². The van der Waals surface area contributed by atoms with Crippen molar-refractivity contribution in [3.05, 3.63) is 35.4 Å². The van der Waals surface area contributed by atoms with Gasteiger partial charge in [-0.1, -0.05) is 42.7 Å². The van der Waals surface area contributed by atoms with Gasteiger partial charge in [0.15, 0.2) is 0 Å². The number of benzene rings is 1. The van der Waals surface area contributed by atoms with Crippen LogP contribution in [0.25, 0.3) is 0 Å². The minimum atomic E-state index is 0.467. The van der Waals surface area contributed by atoms with Crippen LogP contribution in [-0.2, 0) is 0 Å². The van der Waals surface area contributed by atoms with Crippen molar-refractivity contribution in [1.29, 1.82) is 0 Å². The van der Waals surface area contributed by atoms with Gasteiger partial charge in [0.05, 0.1) is 0 Å². The van der Waals surface area contributed by atoms with Gasteiger partial charge in [0.1, 0.15) is 0 Å². The molecule has 1 aromatic carbocycles. The third-order valence-corrected chi connectivity index (χ3v) is 3.50. The Kier molecular flexibility index (Phi) is 3.65. The van der Waals surface area contributed by atoms with E-state index in [1.807, 2.05) is 0 Å². The van der Waals surface area contributed by atoms with E-state index in [1.165, 1.54) is 30.4 Å². The number of hydrogen-bond acceptors (Lipinski definition) is 1. The Hall–Kier alpha value is -0.820. The Labute approximate surface area is 99.3 Å². The molecule has 1 saturated carbocycles. The van der Waals surface area contributed by atoms with Crippen molar-refractivity contribution < 1.29 is 0 Å². The fourth-order valence-electron chi connectivity index (χ4n) is 2.30. The highest BCUT2D eigenvalue weighted by molar-refractivity contribution is 5.23. The van der Waals surface area contributed by atoms with Crippen molar-refractivity contribution in [2.24, 2.45) is 5.92 Å². The average Bonchev–Trinajstić information content (AvgIpc) is 3.02. The van der Waals surface area contributed by atoms with Gasteiger partial charge < -0.3 is 5.32 Å². The Morgan fingerprint density at radius 2 is 1.81 bits per heavy atom. The van der Waals surface area contributed by atoms with Crippen LogP contribution >= 0.6 is 0 Å². The van der Waals surface area contributed by atoms with Gasteiger partial charge in [0.25, 0.3) is 0 Å². The second-order valence-corrected chi connectivity index (χ2v) is 5.38. The summed E-state index contributed by atoms with van der Waals surface area (Å²) in [5.41, 5.74) is 2.73. The quantitative estimate of drug-likeness (QED) is 0.790. The second-order valence-electron chi connectivity index (χ2n) is 5.38. The molecule has 0 spiro atoms. The topological polar surface area (TPSA) is 12.0 Å². The number of rotatable bonds is 5. The van der Waals surface area contributed by atoms with E-state index in [2.05, 4.69) is 50.4 Å². The van der Waals surface area contributed by atoms with E-state index >= 15 is 0 Å². The monoisotopic (exact) mass is 217 g/mol. The van der Waals surface area contributed by atoms with Gasteiger partial charge in [0.2, 0.25) is 0 Å². The van der Waals surface area contributed by atoms with Gasteiger partial charge in [-0.05, 0) is 38.7 Å². The minimum Gasteiger partial charge on any atom is -0.308 e. The van der Waals surface area contributed by atoms with Crippen LogP contribution in [0.4, 0.5) is 0 Å². The van der Waals surface area contributed by atoms with Crippen molar-refractivity contribution in [3.8, 4) is 0 Å². The first-order chi connectivity index (χ1) is 7.65. The molecule has 1 N–H and O–H groups in total. The van der Waals surface area contributed by atoms with Crippen LogP contribution in [0.1, 0.15) is 50.3 Å². The summed E-state index contributed by atoms with van der Waals surface area (Å²) in [6, 6.07) is 9.96. The largest absolute Gasteiger partial charge is 0.308 e. The first-order valence-electron chi connectivity index (χ1n) is 6.48. The molecular formula is C15H23N. The molecule has 2 atom stereocenters. The van der Waals surface area contributed by atoms with Crippen LogP contribution in [0, 0.1) is 12.8 Å². The normalized spacial score (nSPS) is 19.4. The standard InChI is InChI=1S/C15H23N/c1-11-4-8-15(9-5-11)13(3)16-12(2)10-14-6-7-14/h4-5,8-9,12-14,16H,6-7,10H2,1-3H3/t12?,13-/m0/s1. The lowest BCUT2D eigenvalue weighted by molar-refractivity contribution is 0.438. The van der Waals surface area contributed by atoms with E-state index < -0.39 is 0 Å². The molecular weight excluding hydrogens is 194 g/mol.